The number of benzene rings is 4. The van der Waals surface area contributed by atoms with E-state index in [2.05, 4.69) is 62.0 Å². The van der Waals surface area contributed by atoms with E-state index in [0.717, 1.165) is 18.2 Å². The molecule has 0 fully saturated rings. The van der Waals surface area contributed by atoms with E-state index in [1.807, 2.05) is 0 Å². The summed E-state index contributed by atoms with van der Waals surface area (Å²) in [6.07, 6.45) is 6.17. The Bertz CT molecular complexity index is 3980. The summed E-state index contributed by atoms with van der Waals surface area (Å²) in [6, 6.07) is 20.5. The van der Waals surface area contributed by atoms with E-state index in [1.165, 1.54) is 118 Å². The largest absolute Gasteiger partial charge is 0.507 e. The highest BCUT2D eigenvalue weighted by Crippen LogP contribution is 2.30. The van der Waals surface area contributed by atoms with Crippen LogP contribution in [-0.2, 0) is 0 Å². The van der Waals surface area contributed by atoms with Gasteiger partial charge >= 0.3 is 23.9 Å². The number of hydrogen-bond acceptors (Lipinski definition) is 21. The maximum Gasteiger partial charge on any atom is 0.339 e. The van der Waals surface area contributed by atoms with Gasteiger partial charge in [-0.25, -0.2) is 48.7 Å². The molecule has 12 N–H and O–H groups in total. The number of pyridine rings is 2. The average Bonchev–Trinajstić information content (AvgIpc) is 4.43. The molecule has 0 saturated heterocycles. The van der Waals surface area contributed by atoms with Crippen molar-refractivity contribution < 1.29 is 69.6 Å². The highest BCUT2D eigenvalue weighted by atomic mass is 16.4. The average molecular weight is 1110 g/mol. The van der Waals surface area contributed by atoms with Crippen LogP contribution < -0.4 is 16.0 Å². The van der Waals surface area contributed by atoms with E-state index < -0.39 is 58.7 Å². The molecular weight excluding hydrogens is 1070 g/mol. The molecule has 30 nitrogen and oxygen atoms in total. The van der Waals surface area contributed by atoms with E-state index in [4.69, 9.17) is 5.53 Å². The SMILES string of the molecule is N=N/C(=C\Nc1ccc(C(=O)O)c(O)c1)c1cc(C(=O)NCCCCNC(=O)c2cc(-c3cn(-c4ccc(C(=O)O)c(O)c4)nn3)nc(-c3cn(-c4ccc(C(=O)O)c(O)c4)nn3)c2)cc(-c2cn(-c3ccc(C(=O)O)c(O)c3)nn2)n1. The maximum atomic E-state index is 13.9. The molecule has 0 unspecified atom stereocenters. The minimum absolute atomic E-state index is 0.0194. The number of anilines is 1. The van der Waals surface area contributed by atoms with Crippen LogP contribution in [0.5, 0.6) is 23.0 Å². The number of phenols is 4. The fraction of sp³-hybridized carbons (Fsp3) is 0.0769. The molecule has 0 aliphatic rings. The van der Waals surface area contributed by atoms with Gasteiger partial charge in [-0.15, -0.1) is 15.3 Å². The van der Waals surface area contributed by atoms with E-state index in [9.17, 15) is 69.6 Å². The molecule has 412 valence electrons. The van der Waals surface area contributed by atoms with E-state index in [0.29, 0.717) is 12.8 Å². The van der Waals surface area contributed by atoms with Crippen LogP contribution in [0.3, 0.4) is 0 Å². The standard InChI is InChI=1S/C52H40N16O14/c53-59-39(21-56-27-3-7-31(49(75)76)43(69)17-27)35-13-25(14-36(57-35)40-22-66(63-60-40)28-4-8-32(50(77)78)44(70)18-28)47(73)54-11-1-2-12-55-48(74)26-15-37(41-23-67(64-61-41)29-5-9-33(51(79)80)45(71)19-29)58-38(16-26)42-24-68(65-62-42)30-6-10-34(52(81)82)46(72)20-30/h3-10,13-24,53,56,69-72H,1-2,11-12H2,(H,54,73)(H,55,74)(H,75,76)(H,77,78)(H,79,80)(H,81,82)/b39-21-,59-53?. The smallest absolute Gasteiger partial charge is 0.339 e. The van der Waals surface area contributed by atoms with Gasteiger partial charge in [-0.1, -0.05) is 15.6 Å². The molecule has 30 heteroatoms. The predicted molar refractivity (Wildman–Crippen MR) is 281 cm³/mol. The van der Waals surface area contributed by atoms with Crippen LogP contribution in [0.1, 0.15) is 80.7 Å². The summed E-state index contributed by atoms with van der Waals surface area (Å²) in [5.41, 5.74) is 8.20. The monoisotopic (exact) mass is 1110 g/mol. The number of aromatic carboxylic acids is 4. The van der Waals surface area contributed by atoms with Gasteiger partial charge in [0.1, 0.15) is 68.0 Å². The highest BCUT2D eigenvalue weighted by molar-refractivity contribution is 5.97. The van der Waals surface area contributed by atoms with Crippen molar-refractivity contribution in [3.8, 4) is 74.2 Å². The van der Waals surface area contributed by atoms with E-state index in [1.54, 1.807) is 0 Å². The topological polar surface area (TPSA) is 454 Å². The van der Waals surface area contributed by atoms with Crippen molar-refractivity contribution in [1.29, 1.82) is 5.53 Å². The number of carbonyl (C=O) groups excluding carboxylic acids is 2. The van der Waals surface area contributed by atoms with Crippen molar-refractivity contribution in [1.82, 2.24) is 65.6 Å². The molecule has 5 aromatic heterocycles. The number of rotatable bonds is 21. The first-order valence-corrected chi connectivity index (χ1v) is 23.8. The Balaban J connectivity index is 0.914. The zero-order valence-electron chi connectivity index (χ0n) is 41.8. The van der Waals surface area contributed by atoms with Gasteiger partial charge in [-0.2, -0.15) is 5.11 Å². The lowest BCUT2D eigenvalue weighted by Gasteiger charge is -2.10. The van der Waals surface area contributed by atoms with E-state index in [-0.39, 0.29) is 115 Å². The molecule has 4 aromatic carbocycles. The number of carbonyl (C=O) groups is 6. The highest BCUT2D eigenvalue weighted by Gasteiger charge is 2.21. The zero-order valence-corrected chi connectivity index (χ0v) is 41.8. The summed E-state index contributed by atoms with van der Waals surface area (Å²) in [5, 5.41) is 115. The first-order valence-electron chi connectivity index (χ1n) is 23.8. The number of aromatic nitrogens is 11. The van der Waals surface area contributed by atoms with Crippen molar-refractivity contribution in [3.05, 3.63) is 161 Å². The molecule has 9 rings (SSSR count). The molecular formula is C52H40N16O14. The maximum absolute atomic E-state index is 13.9. The number of nitrogens with zero attached hydrogens (tertiary/aromatic N) is 12. The van der Waals surface area contributed by atoms with Crippen LogP contribution in [0.25, 0.3) is 56.9 Å². The molecule has 0 radical (unpaired) electrons. The Kier molecular flexibility index (Phi) is 15.4. The Hall–Kier alpha value is -12.2. The molecule has 0 spiro atoms. The fourth-order valence-corrected chi connectivity index (χ4v) is 7.88. The minimum Gasteiger partial charge on any atom is -0.507 e. The number of nitrogens with one attached hydrogen (secondary N) is 4. The molecule has 0 aliphatic heterocycles. The van der Waals surface area contributed by atoms with Crippen LogP contribution in [0, 0.1) is 5.53 Å². The fourth-order valence-electron chi connectivity index (χ4n) is 7.88. The van der Waals surface area contributed by atoms with Gasteiger partial charge in [-0.05, 0) is 85.6 Å². The molecule has 2 amide bonds. The first-order chi connectivity index (χ1) is 39.3. The number of aromatic hydroxyl groups is 4. The van der Waals surface area contributed by atoms with Crippen LogP contribution >= 0.6 is 0 Å². The summed E-state index contributed by atoms with van der Waals surface area (Å²) in [7, 11) is 0. The first kappa shape index (κ1) is 54.5. The molecule has 5 heterocycles. The van der Waals surface area contributed by atoms with Gasteiger partial charge < -0.3 is 56.8 Å². The van der Waals surface area contributed by atoms with Crippen molar-refractivity contribution in [2.45, 2.75) is 12.8 Å². The Labute approximate surface area is 458 Å². The van der Waals surface area contributed by atoms with Gasteiger partial charge in [0, 0.05) is 60.4 Å². The Morgan fingerprint density at radius 1 is 0.476 bits per heavy atom. The lowest BCUT2D eigenvalue weighted by Crippen LogP contribution is -2.27. The minimum atomic E-state index is -1.36. The van der Waals surface area contributed by atoms with Gasteiger partial charge in [-0.3, -0.25) is 9.59 Å². The zero-order chi connectivity index (χ0) is 58.4. The van der Waals surface area contributed by atoms with Crippen LogP contribution in [0.15, 0.2) is 127 Å². The quantitative estimate of drug-likeness (QED) is 0.0324. The van der Waals surface area contributed by atoms with Crippen molar-refractivity contribution >= 4 is 47.1 Å². The number of carboxylic acid groups (broad SMARTS) is 4. The van der Waals surface area contributed by atoms with Gasteiger partial charge in [0.25, 0.3) is 11.8 Å². The third kappa shape index (κ3) is 12.0. The van der Waals surface area contributed by atoms with Gasteiger partial charge in [0.05, 0.1) is 58.4 Å². The lowest BCUT2D eigenvalue weighted by atomic mass is 10.1. The second-order valence-corrected chi connectivity index (χ2v) is 17.5. The number of hydrogen-bond donors (Lipinski definition) is 12. The Morgan fingerprint density at radius 3 is 1.21 bits per heavy atom. The van der Waals surface area contributed by atoms with Crippen LogP contribution in [0.2, 0.25) is 0 Å². The number of unbranched alkanes of at least 4 members (excludes halogenated alkanes) is 1. The summed E-state index contributed by atoms with van der Waals surface area (Å²) in [4.78, 5) is 82.8. The second-order valence-electron chi connectivity index (χ2n) is 17.5. The third-order valence-corrected chi connectivity index (χ3v) is 12.0. The predicted octanol–water partition coefficient (Wildman–Crippen LogP) is 5.22. The summed E-state index contributed by atoms with van der Waals surface area (Å²) in [6.45, 7) is 0.206. The van der Waals surface area contributed by atoms with Crippen LogP contribution in [0.4, 0.5) is 5.69 Å². The van der Waals surface area contributed by atoms with Gasteiger partial charge in [0.2, 0.25) is 0 Å². The molecule has 82 heavy (non-hydrogen) atoms. The third-order valence-electron chi connectivity index (χ3n) is 12.0. The van der Waals surface area contributed by atoms with Crippen LogP contribution in [-0.4, -0.2) is 145 Å². The normalized spacial score (nSPS) is 11.2. The van der Waals surface area contributed by atoms with E-state index >= 15 is 0 Å². The number of amides is 2. The molecule has 0 bridgehead atoms. The molecule has 0 saturated carbocycles. The van der Waals surface area contributed by atoms with Crippen molar-refractivity contribution in [2.24, 2.45) is 5.11 Å². The van der Waals surface area contributed by atoms with Gasteiger partial charge in [0.15, 0.2) is 0 Å². The van der Waals surface area contributed by atoms with Crippen molar-refractivity contribution in [2.75, 3.05) is 18.4 Å². The molecule has 0 aliphatic carbocycles. The Morgan fingerprint density at radius 2 is 0.841 bits per heavy atom. The summed E-state index contributed by atoms with van der Waals surface area (Å²) >= 11 is 0. The lowest BCUT2D eigenvalue weighted by molar-refractivity contribution is 0.0682. The summed E-state index contributed by atoms with van der Waals surface area (Å²) < 4.78 is 3.72. The second kappa shape index (κ2) is 23.2. The number of carboxylic acids is 4. The molecule has 0 atom stereocenters. The van der Waals surface area contributed by atoms with Crippen molar-refractivity contribution in [3.63, 3.8) is 0 Å². The summed E-state index contributed by atoms with van der Waals surface area (Å²) in [5.74, 6) is -8.67. The molecule has 9 aromatic rings.